The molecule has 1 aromatic heterocycles. The molecule has 2 fully saturated rings. The molecule has 4 rings (SSSR count). The molecule has 1 saturated heterocycles. The van der Waals surface area contributed by atoms with E-state index < -0.39 is 0 Å². The lowest BCUT2D eigenvalue weighted by molar-refractivity contribution is -0.135. The van der Waals surface area contributed by atoms with Gasteiger partial charge in [-0.3, -0.25) is 14.6 Å². The number of piperidine rings is 1. The monoisotopic (exact) mass is 366 g/mol. The molecule has 1 aromatic carbocycles. The van der Waals surface area contributed by atoms with Crippen LogP contribution in [0.1, 0.15) is 25.7 Å². The molecule has 1 aliphatic carbocycles. The molecule has 1 N–H and O–H groups in total. The second-order valence-corrected chi connectivity index (χ2v) is 7.04. The van der Waals surface area contributed by atoms with Crippen molar-refractivity contribution in [3.63, 3.8) is 0 Å². The number of carbonyl (C=O) groups is 2. The lowest BCUT2D eigenvalue weighted by Crippen LogP contribution is -2.42. The SMILES string of the molecule is O=C(Nc1cccc(Oc2cnccn2)c1)C1CCN(C(=O)C2CC2)CC1. The Kier molecular flexibility index (Phi) is 5.00. The third-order valence-corrected chi connectivity index (χ3v) is 4.97. The zero-order valence-electron chi connectivity index (χ0n) is 15.0. The number of ether oxygens (including phenoxy) is 1. The van der Waals surface area contributed by atoms with Crippen LogP contribution in [0.25, 0.3) is 0 Å². The van der Waals surface area contributed by atoms with E-state index in [1.807, 2.05) is 17.0 Å². The number of nitrogens with one attached hydrogen (secondary N) is 1. The molecule has 27 heavy (non-hydrogen) atoms. The van der Waals surface area contributed by atoms with Gasteiger partial charge in [-0.1, -0.05) is 6.07 Å². The van der Waals surface area contributed by atoms with Gasteiger partial charge in [-0.15, -0.1) is 0 Å². The number of nitrogens with zero attached hydrogens (tertiary/aromatic N) is 3. The van der Waals surface area contributed by atoms with Crippen molar-refractivity contribution in [3.05, 3.63) is 42.9 Å². The smallest absolute Gasteiger partial charge is 0.237 e. The van der Waals surface area contributed by atoms with Crippen LogP contribution in [0.15, 0.2) is 42.9 Å². The van der Waals surface area contributed by atoms with Gasteiger partial charge in [0.05, 0.1) is 6.20 Å². The Hall–Kier alpha value is -2.96. The normalized spacial score (nSPS) is 17.4. The summed E-state index contributed by atoms with van der Waals surface area (Å²) in [5.41, 5.74) is 0.679. The fourth-order valence-electron chi connectivity index (χ4n) is 3.29. The predicted octanol–water partition coefficient (Wildman–Crippen LogP) is 2.86. The van der Waals surface area contributed by atoms with Crippen molar-refractivity contribution in [2.24, 2.45) is 11.8 Å². The number of amides is 2. The maximum absolute atomic E-state index is 12.6. The number of anilines is 1. The maximum atomic E-state index is 12.6. The first-order valence-corrected chi connectivity index (χ1v) is 9.32. The molecular formula is C20H22N4O3. The highest BCUT2D eigenvalue weighted by Crippen LogP contribution is 2.32. The van der Waals surface area contributed by atoms with E-state index in [-0.39, 0.29) is 23.7 Å². The zero-order valence-corrected chi connectivity index (χ0v) is 15.0. The topological polar surface area (TPSA) is 84.4 Å². The Balaban J connectivity index is 1.32. The first-order chi connectivity index (χ1) is 13.2. The molecule has 2 heterocycles. The molecule has 2 amide bonds. The molecule has 0 atom stereocenters. The van der Waals surface area contributed by atoms with E-state index >= 15 is 0 Å². The van der Waals surface area contributed by atoms with Crippen molar-refractivity contribution in [2.75, 3.05) is 18.4 Å². The van der Waals surface area contributed by atoms with Crippen molar-refractivity contribution < 1.29 is 14.3 Å². The van der Waals surface area contributed by atoms with Gasteiger partial charge in [-0.25, -0.2) is 4.98 Å². The summed E-state index contributed by atoms with van der Waals surface area (Å²) in [4.78, 5) is 34.6. The Morgan fingerprint density at radius 1 is 1.07 bits per heavy atom. The summed E-state index contributed by atoms with van der Waals surface area (Å²) in [5, 5.41) is 2.96. The van der Waals surface area contributed by atoms with Gasteiger partial charge in [0.15, 0.2) is 0 Å². The van der Waals surface area contributed by atoms with E-state index in [2.05, 4.69) is 15.3 Å². The summed E-state index contributed by atoms with van der Waals surface area (Å²) in [6.45, 7) is 1.34. The van der Waals surface area contributed by atoms with Gasteiger partial charge in [-0.2, -0.15) is 0 Å². The van der Waals surface area contributed by atoms with Gasteiger partial charge < -0.3 is 15.0 Å². The van der Waals surface area contributed by atoms with Crippen LogP contribution in [0.4, 0.5) is 5.69 Å². The largest absolute Gasteiger partial charge is 0.437 e. The van der Waals surface area contributed by atoms with Crippen LogP contribution in [0.2, 0.25) is 0 Å². The average molecular weight is 366 g/mol. The maximum Gasteiger partial charge on any atom is 0.237 e. The van der Waals surface area contributed by atoms with Crippen LogP contribution in [-0.2, 0) is 9.59 Å². The molecule has 2 aliphatic rings. The van der Waals surface area contributed by atoms with Crippen molar-refractivity contribution >= 4 is 17.5 Å². The number of benzene rings is 1. The molecule has 0 radical (unpaired) electrons. The molecule has 7 nitrogen and oxygen atoms in total. The third-order valence-electron chi connectivity index (χ3n) is 4.97. The van der Waals surface area contributed by atoms with Crippen LogP contribution in [0, 0.1) is 11.8 Å². The van der Waals surface area contributed by atoms with Crippen molar-refractivity contribution in [1.29, 1.82) is 0 Å². The average Bonchev–Trinajstić information content (AvgIpc) is 3.54. The summed E-state index contributed by atoms with van der Waals surface area (Å²) >= 11 is 0. The highest BCUT2D eigenvalue weighted by molar-refractivity contribution is 5.93. The van der Waals surface area contributed by atoms with Crippen molar-refractivity contribution in [2.45, 2.75) is 25.7 Å². The number of hydrogen-bond acceptors (Lipinski definition) is 5. The van der Waals surface area contributed by atoms with E-state index in [4.69, 9.17) is 4.74 Å². The minimum atomic E-state index is -0.0715. The van der Waals surface area contributed by atoms with Crippen LogP contribution in [0.5, 0.6) is 11.6 Å². The van der Waals surface area contributed by atoms with Crippen LogP contribution >= 0.6 is 0 Å². The van der Waals surface area contributed by atoms with Crippen molar-refractivity contribution in [3.8, 4) is 11.6 Å². The van der Waals surface area contributed by atoms with Gasteiger partial charge in [0.1, 0.15) is 5.75 Å². The second-order valence-electron chi connectivity index (χ2n) is 7.04. The fraction of sp³-hybridized carbons (Fsp3) is 0.400. The molecule has 2 aromatic rings. The zero-order chi connectivity index (χ0) is 18.6. The summed E-state index contributed by atoms with van der Waals surface area (Å²) in [7, 11) is 0. The minimum absolute atomic E-state index is 0.00910. The summed E-state index contributed by atoms with van der Waals surface area (Å²) in [5.74, 6) is 1.41. The Bertz CT molecular complexity index is 815. The van der Waals surface area contributed by atoms with Gasteiger partial charge in [-0.05, 0) is 37.8 Å². The standard InChI is InChI=1S/C20H22N4O3/c25-19(14-6-10-24(11-7-14)20(26)15-4-5-15)23-16-2-1-3-17(12-16)27-18-13-21-8-9-22-18/h1-3,8-9,12-15H,4-7,10-11H2,(H,23,25). The lowest BCUT2D eigenvalue weighted by atomic mass is 9.95. The summed E-state index contributed by atoms with van der Waals surface area (Å²) < 4.78 is 5.65. The molecule has 0 spiro atoms. The Morgan fingerprint density at radius 2 is 1.89 bits per heavy atom. The number of likely N-dealkylation sites (tertiary alicyclic amines) is 1. The quantitative estimate of drug-likeness (QED) is 0.880. The molecular weight excluding hydrogens is 344 g/mol. The molecule has 0 unspecified atom stereocenters. The number of rotatable bonds is 5. The van der Waals surface area contributed by atoms with Gasteiger partial charge >= 0.3 is 0 Å². The van der Waals surface area contributed by atoms with Crippen molar-refractivity contribution in [1.82, 2.24) is 14.9 Å². The first kappa shape index (κ1) is 17.5. The highest BCUT2D eigenvalue weighted by atomic mass is 16.5. The highest BCUT2D eigenvalue weighted by Gasteiger charge is 2.35. The van der Waals surface area contributed by atoms with Gasteiger partial charge in [0, 0.05) is 49.1 Å². The number of carbonyl (C=O) groups excluding carboxylic acids is 2. The summed E-state index contributed by atoms with van der Waals surface area (Å²) in [6, 6.07) is 7.20. The van der Waals surface area contributed by atoms with E-state index in [9.17, 15) is 9.59 Å². The van der Waals surface area contributed by atoms with Crippen LogP contribution in [-0.4, -0.2) is 39.8 Å². The molecule has 140 valence electrons. The second kappa shape index (κ2) is 7.73. The van der Waals surface area contributed by atoms with Gasteiger partial charge in [0.25, 0.3) is 0 Å². The minimum Gasteiger partial charge on any atom is -0.437 e. The Morgan fingerprint density at radius 3 is 2.59 bits per heavy atom. The third kappa shape index (κ3) is 4.42. The predicted molar refractivity (Wildman–Crippen MR) is 99.2 cm³/mol. The van der Waals surface area contributed by atoms with E-state index in [0.29, 0.717) is 43.2 Å². The van der Waals surface area contributed by atoms with Gasteiger partial charge in [0.2, 0.25) is 17.7 Å². The fourth-order valence-corrected chi connectivity index (χ4v) is 3.29. The molecule has 7 heteroatoms. The molecule has 1 saturated carbocycles. The van der Waals surface area contributed by atoms with E-state index in [1.165, 1.54) is 6.20 Å². The summed E-state index contributed by atoms with van der Waals surface area (Å²) in [6.07, 6.45) is 8.12. The van der Waals surface area contributed by atoms with E-state index in [1.54, 1.807) is 24.5 Å². The number of aromatic nitrogens is 2. The first-order valence-electron chi connectivity index (χ1n) is 9.32. The lowest BCUT2D eigenvalue weighted by Gasteiger charge is -2.31. The van der Waals surface area contributed by atoms with Crippen LogP contribution < -0.4 is 10.1 Å². The number of hydrogen-bond donors (Lipinski definition) is 1. The molecule has 1 aliphatic heterocycles. The molecule has 0 bridgehead atoms. The van der Waals surface area contributed by atoms with E-state index in [0.717, 1.165) is 12.8 Å². The Labute approximate surface area is 157 Å². The van der Waals surface area contributed by atoms with Crippen LogP contribution in [0.3, 0.4) is 0 Å².